The molecule has 1 N–H and O–H groups in total. The zero-order chi connectivity index (χ0) is 29.3. The van der Waals surface area contributed by atoms with Gasteiger partial charge in [-0.05, 0) is 48.6 Å². The molecule has 0 radical (unpaired) electrons. The Morgan fingerprint density at radius 1 is 0.833 bits per heavy atom. The number of benzene rings is 3. The van der Waals surface area contributed by atoms with E-state index in [1.54, 1.807) is 19.3 Å². The molecule has 6 nitrogen and oxygen atoms in total. The van der Waals surface area contributed by atoms with Gasteiger partial charge in [-0.1, -0.05) is 97.1 Å². The maximum absolute atomic E-state index is 13.7. The van der Waals surface area contributed by atoms with Crippen molar-refractivity contribution in [3.8, 4) is 0 Å². The fourth-order valence-electron chi connectivity index (χ4n) is 6.42. The summed E-state index contributed by atoms with van der Waals surface area (Å²) in [5.41, 5.74) is 4.40. The molecule has 42 heavy (non-hydrogen) atoms. The number of pyridine rings is 1. The minimum absolute atomic E-state index is 0.0468. The summed E-state index contributed by atoms with van der Waals surface area (Å²) in [4.78, 5) is 34.1. The van der Waals surface area contributed by atoms with Gasteiger partial charge in [-0.25, -0.2) is 0 Å². The van der Waals surface area contributed by atoms with Crippen LogP contribution in [0.15, 0.2) is 116 Å². The number of rotatable bonds is 12. The Morgan fingerprint density at radius 2 is 1.40 bits per heavy atom. The molecule has 4 aromatic rings. The average Bonchev–Trinajstić information content (AvgIpc) is 3.43. The van der Waals surface area contributed by atoms with Gasteiger partial charge in [-0.15, -0.1) is 0 Å². The largest absolute Gasteiger partial charge is 0.465 e. The van der Waals surface area contributed by atoms with Gasteiger partial charge >= 0.3 is 5.97 Å². The SMILES string of the molecule is CCOC(=O)[C@@H]1N[C@H](c2cccnc2)[C@H](C(C)=O)[C@H]1[C@H](Cc1ccccc1)N(Cc1ccccc1)Cc1ccccc1. The average molecular weight is 562 g/mol. The van der Waals surface area contributed by atoms with E-state index in [0.717, 1.165) is 11.1 Å². The number of nitrogens with zero attached hydrogens (tertiary/aromatic N) is 2. The second kappa shape index (κ2) is 14.2. The monoisotopic (exact) mass is 561 g/mol. The fraction of sp³-hybridized carbons (Fsp3) is 0.306. The second-order valence-corrected chi connectivity index (χ2v) is 11.0. The third-order valence-corrected chi connectivity index (χ3v) is 8.23. The van der Waals surface area contributed by atoms with Crippen LogP contribution in [0.4, 0.5) is 0 Å². The molecule has 0 spiro atoms. The lowest BCUT2D eigenvalue weighted by atomic mass is 9.75. The van der Waals surface area contributed by atoms with Crippen LogP contribution >= 0.6 is 0 Å². The number of hydrogen-bond donors (Lipinski definition) is 1. The molecule has 2 heterocycles. The first-order valence-corrected chi connectivity index (χ1v) is 14.7. The Morgan fingerprint density at radius 3 is 1.90 bits per heavy atom. The number of aromatic nitrogens is 1. The van der Waals surface area contributed by atoms with Crippen LogP contribution in [0.25, 0.3) is 0 Å². The molecule has 1 fully saturated rings. The third kappa shape index (κ3) is 7.01. The fourth-order valence-corrected chi connectivity index (χ4v) is 6.42. The molecule has 216 valence electrons. The summed E-state index contributed by atoms with van der Waals surface area (Å²) in [7, 11) is 0. The minimum atomic E-state index is -0.660. The van der Waals surface area contributed by atoms with Crippen molar-refractivity contribution in [2.45, 2.75) is 51.5 Å². The van der Waals surface area contributed by atoms with Gasteiger partial charge in [0.15, 0.2) is 0 Å². The molecule has 0 amide bonds. The summed E-state index contributed by atoms with van der Waals surface area (Å²) >= 11 is 0. The first-order chi connectivity index (χ1) is 20.5. The van der Waals surface area contributed by atoms with Crippen molar-refractivity contribution in [1.29, 1.82) is 0 Å². The van der Waals surface area contributed by atoms with Gasteiger partial charge in [-0.3, -0.25) is 24.8 Å². The number of carbonyl (C=O) groups is 2. The molecule has 1 aromatic heterocycles. The standard InChI is InChI=1S/C36H39N3O3/c1-3-42-36(41)35-33(32(26(2)40)34(38-35)30-20-13-21-37-23-30)31(22-27-14-7-4-8-15-27)39(24-28-16-9-5-10-17-28)25-29-18-11-6-12-19-29/h4-21,23,31-35,38H,3,22,24-25H2,1-2H3/t31-,32+,33+,34+,35+/m0/s1. The van der Waals surface area contributed by atoms with Gasteiger partial charge in [0.05, 0.1) is 6.61 Å². The van der Waals surface area contributed by atoms with E-state index < -0.39 is 12.0 Å². The minimum Gasteiger partial charge on any atom is -0.465 e. The Bertz CT molecular complexity index is 1380. The second-order valence-electron chi connectivity index (χ2n) is 11.0. The van der Waals surface area contributed by atoms with Crippen LogP contribution in [0.5, 0.6) is 0 Å². The molecule has 5 atom stereocenters. The smallest absolute Gasteiger partial charge is 0.323 e. The van der Waals surface area contributed by atoms with E-state index in [0.29, 0.717) is 19.5 Å². The first kappa shape index (κ1) is 29.4. The quantitative estimate of drug-likeness (QED) is 0.221. The Hall–Kier alpha value is -4.13. The lowest BCUT2D eigenvalue weighted by Crippen LogP contribution is -2.51. The summed E-state index contributed by atoms with van der Waals surface area (Å²) in [5, 5.41) is 3.56. The normalized spacial score (nSPS) is 20.7. The summed E-state index contributed by atoms with van der Waals surface area (Å²) in [6.07, 6.45) is 4.18. The topological polar surface area (TPSA) is 71.5 Å². The Labute approximate surface area is 248 Å². The van der Waals surface area contributed by atoms with Crippen LogP contribution in [0.2, 0.25) is 0 Å². The van der Waals surface area contributed by atoms with Crippen molar-refractivity contribution in [3.05, 3.63) is 138 Å². The molecule has 5 rings (SSSR count). The summed E-state index contributed by atoms with van der Waals surface area (Å²) in [5.74, 6) is -1.08. The van der Waals surface area contributed by atoms with E-state index in [2.05, 4.69) is 75.9 Å². The van der Waals surface area contributed by atoms with E-state index in [9.17, 15) is 9.59 Å². The van der Waals surface area contributed by atoms with E-state index >= 15 is 0 Å². The summed E-state index contributed by atoms with van der Waals surface area (Å²) in [6, 6.07) is 33.8. The van der Waals surface area contributed by atoms with Gasteiger partial charge in [0.2, 0.25) is 0 Å². The highest BCUT2D eigenvalue weighted by Gasteiger charge is 2.53. The molecule has 1 saturated heterocycles. The molecule has 3 aromatic carbocycles. The maximum Gasteiger partial charge on any atom is 0.323 e. The van der Waals surface area contributed by atoms with Crippen LogP contribution in [-0.4, -0.2) is 40.3 Å². The molecular weight excluding hydrogens is 522 g/mol. The molecule has 6 heteroatoms. The highest BCUT2D eigenvalue weighted by atomic mass is 16.5. The highest BCUT2D eigenvalue weighted by Crippen LogP contribution is 2.43. The number of ketones is 1. The molecule has 0 aliphatic carbocycles. The molecule has 0 bridgehead atoms. The van der Waals surface area contributed by atoms with Gasteiger partial charge in [0.1, 0.15) is 11.8 Å². The van der Waals surface area contributed by atoms with E-state index in [1.807, 2.05) is 49.4 Å². The summed E-state index contributed by atoms with van der Waals surface area (Å²) < 4.78 is 5.64. The molecular formula is C36H39N3O3. The van der Waals surface area contributed by atoms with Crippen molar-refractivity contribution in [1.82, 2.24) is 15.2 Å². The van der Waals surface area contributed by atoms with Crippen molar-refractivity contribution in [2.75, 3.05) is 6.61 Å². The van der Waals surface area contributed by atoms with Crippen LogP contribution in [0.1, 0.15) is 42.1 Å². The zero-order valence-corrected chi connectivity index (χ0v) is 24.3. The number of carbonyl (C=O) groups excluding carboxylic acids is 2. The van der Waals surface area contributed by atoms with Crippen LogP contribution in [0, 0.1) is 11.8 Å². The maximum atomic E-state index is 13.7. The third-order valence-electron chi connectivity index (χ3n) is 8.23. The Balaban J connectivity index is 1.65. The number of Topliss-reactive ketones (excluding diaryl/α,β-unsaturated/α-hetero) is 1. The first-order valence-electron chi connectivity index (χ1n) is 14.7. The number of esters is 1. The van der Waals surface area contributed by atoms with E-state index in [1.165, 1.54) is 11.1 Å². The van der Waals surface area contributed by atoms with Crippen molar-refractivity contribution >= 4 is 11.8 Å². The van der Waals surface area contributed by atoms with Gasteiger partial charge in [0, 0.05) is 49.4 Å². The van der Waals surface area contributed by atoms with E-state index in [4.69, 9.17) is 4.74 Å². The van der Waals surface area contributed by atoms with Gasteiger partial charge < -0.3 is 4.74 Å². The number of ether oxygens (including phenoxy) is 1. The van der Waals surface area contributed by atoms with Crippen LogP contribution in [0.3, 0.4) is 0 Å². The molecule has 0 unspecified atom stereocenters. The zero-order valence-electron chi connectivity index (χ0n) is 24.3. The Kier molecular flexibility index (Phi) is 9.90. The lowest BCUT2D eigenvalue weighted by molar-refractivity contribution is -0.147. The van der Waals surface area contributed by atoms with Gasteiger partial charge in [0.25, 0.3) is 0 Å². The van der Waals surface area contributed by atoms with E-state index in [-0.39, 0.29) is 36.4 Å². The molecule has 1 aliphatic rings. The predicted molar refractivity (Wildman–Crippen MR) is 164 cm³/mol. The predicted octanol–water partition coefficient (Wildman–Crippen LogP) is 5.79. The number of nitrogens with one attached hydrogen (secondary N) is 1. The highest BCUT2D eigenvalue weighted by molar-refractivity contribution is 5.84. The molecule has 1 aliphatic heterocycles. The van der Waals surface area contributed by atoms with Crippen molar-refractivity contribution in [3.63, 3.8) is 0 Å². The summed E-state index contributed by atoms with van der Waals surface area (Å²) in [6.45, 7) is 5.08. The van der Waals surface area contributed by atoms with Crippen molar-refractivity contribution in [2.24, 2.45) is 11.8 Å². The van der Waals surface area contributed by atoms with Crippen LogP contribution < -0.4 is 5.32 Å². The lowest BCUT2D eigenvalue weighted by Gasteiger charge is -2.40. The number of hydrogen-bond acceptors (Lipinski definition) is 6. The van der Waals surface area contributed by atoms with Gasteiger partial charge in [-0.2, -0.15) is 0 Å². The van der Waals surface area contributed by atoms with Crippen LogP contribution in [-0.2, 0) is 33.8 Å². The van der Waals surface area contributed by atoms with Crippen molar-refractivity contribution < 1.29 is 14.3 Å². The molecule has 0 saturated carbocycles.